The first-order valence-corrected chi connectivity index (χ1v) is 6.42. The van der Waals surface area contributed by atoms with E-state index in [9.17, 15) is 9.90 Å². The number of carboxylic acid groups (broad SMARTS) is 1. The van der Waals surface area contributed by atoms with Crippen molar-refractivity contribution >= 4 is 22.4 Å². The minimum atomic E-state index is -0.884. The summed E-state index contributed by atoms with van der Waals surface area (Å²) in [5.41, 5.74) is 1.36. The number of anilines is 1. The molecule has 0 aliphatic heterocycles. The van der Waals surface area contributed by atoms with Gasteiger partial charge in [0.15, 0.2) is 0 Å². The maximum Gasteiger partial charge on any atom is 0.336 e. The highest BCUT2D eigenvalue weighted by Gasteiger charge is 2.14. The molecule has 3 rings (SSSR count). The van der Waals surface area contributed by atoms with Crippen LogP contribution in [0.1, 0.15) is 23.2 Å². The molecule has 0 atom stereocenters. The molecule has 1 aliphatic carbocycles. The summed E-state index contributed by atoms with van der Waals surface area (Å²) >= 11 is 0. The van der Waals surface area contributed by atoms with Gasteiger partial charge in [-0.05, 0) is 30.4 Å². The summed E-state index contributed by atoms with van der Waals surface area (Å²) in [4.78, 5) is 11.2. The molecule has 0 radical (unpaired) electrons. The van der Waals surface area contributed by atoms with Crippen LogP contribution in [0.2, 0.25) is 0 Å². The van der Waals surface area contributed by atoms with Crippen molar-refractivity contribution in [3.8, 4) is 0 Å². The van der Waals surface area contributed by atoms with Crippen molar-refractivity contribution in [1.82, 2.24) is 0 Å². The number of carboxylic acids is 1. The van der Waals surface area contributed by atoms with Gasteiger partial charge in [-0.1, -0.05) is 36.4 Å². The van der Waals surface area contributed by atoms with Crippen LogP contribution in [0.3, 0.4) is 0 Å². The zero-order valence-electron chi connectivity index (χ0n) is 10.5. The number of fused-ring (bicyclic) bond motifs is 1. The lowest BCUT2D eigenvalue weighted by molar-refractivity contribution is 0.0699. The van der Waals surface area contributed by atoms with Gasteiger partial charge in [0.2, 0.25) is 0 Å². The van der Waals surface area contributed by atoms with Crippen molar-refractivity contribution in [2.24, 2.45) is 0 Å². The van der Waals surface area contributed by atoms with Gasteiger partial charge >= 0.3 is 5.97 Å². The van der Waals surface area contributed by atoms with Crippen molar-refractivity contribution < 1.29 is 9.90 Å². The van der Waals surface area contributed by atoms with Gasteiger partial charge in [0.05, 0.1) is 5.56 Å². The van der Waals surface area contributed by atoms with Gasteiger partial charge < -0.3 is 10.4 Å². The highest BCUT2D eigenvalue weighted by Crippen LogP contribution is 2.28. The number of carbonyl (C=O) groups is 1. The number of rotatable bonds is 3. The summed E-state index contributed by atoms with van der Waals surface area (Å²) in [5, 5.41) is 14.5. The number of nitrogens with one attached hydrogen (secondary N) is 1. The van der Waals surface area contributed by atoms with Crippen molar-refractivity contribution in [2.45, 2.75) is 18.9 Å². The Balaban J connectivity index is 2.05. The minimum absolute atomic E-state index is 0.352. The molecule has 3 heteroatoms. The van der Waals surface area contributed by atoms with Gasteiger partial charge in [0.1, 0.15) is 0 Å². The molecule has 0 heterocycles. The van der Waals surface area contributed by atoms with E-state index in [1.54, 1.807) is 6.07 Å². The molecule has 0 unspecified atom stereocenters. The molecule has 2 N–H and O–H groups in total. The van der Waals surface area contributed by atoms with Gasteiger partial charge in [-0.2, -0.15) is 0 Å². The predicted molar refractivity (Wildman–Crippen MR) is 76.7 cm³/mol. The quantitative estimate of drug-likeness (QED) is 0.820. The van der Waals surface area contributed by atoms with Crippen molar-refractivity contribution in [3.63, 3.8) is 0 Å². The van der Waals surface area contributed by atoms with Crippen LogP contribution >= 0.6 is 0 Å². The summed E-state index contributed by atoms with van der Waals surface area (Å²) in [6.07, 6.45) is 6.39. The molecule has 3 nitrogen and oxygen atoms in total. The van der Waals surface area contributed by atoms with Crippen molar-refractivity contribution in [1.29, 1.82) is 0 Å². The summed E-state index contributed by atoms with van der Waals surface area (Å²) < 4.78 is 0. The van der Waals surface area contributed by atoms with Crippen LogP contribution in [0, 0.1) is 0 Å². The average molecular weight is 253 g/mol. The summed E-state index contributed by atoms with van der Waals surface area (Å²) in [6.45, 7) is 0. The van der Waals surface area contributed by atoms with E-state index in [2.05, 4.69) is 17.5 Å². The average Bonchev–Trinajstić information content (AvgIpc) is 2.91. The van der Waals surface area contributed by atoms with Crippen LogP contribution in [0.25, 0.3) is 10.8 Å². The maximum absolute atomic E-state index is 11.2. The molecule has 19 heavy (non-hydrogen) atoms. The van der Waals surface area contributed by atoms with E-state index in [1.807, 2.05) is 30.3 Å². The third-order valence-electron chi connectivity index (χ3n) is 3.52. The van der Waals surface area contributed by atoms with E-state index in [4.69, 9.17) is 0 Å². The Bertz CT molecular complexity index is 653. The number of hydrogen-bond acceptors (Lipinski definition) is 2. The van der Waals surface area contributed by atoms with Crippen LogP contribution in [0.4, 0.5) is 5.69 Å². The molecule has 0 spiro atoms. The number of aromatic carboxylic acids is 1. The van der Waals surface area contributed by atoms with Gasteiger partial charge in [-0.15, -0.1) is 0 Å². The Labute approximate surface area is 111 Å². The third-order valence-corrected chi connectivity index (χ3v) is 3.52. The molecule has 1 aliphatic rings. The fourth-order valence-corrected chi connectivity index (χ4v) is 2.57. The Kier molecular flexibility index (Phi) is 2.95. The molecule has 96 valence electrons. The van der Waals surface area contributed by atoms with Crippen molar-refractivity contribution in [2.75, 3.05) is 5.32 Å². The fraction of sp³-hybridized carbons (Fsp3) is 0.188. The number of benzene rings is 2. The van der Waals surface area contributed by atoms with E-state index in [1.165, 1.54) is 0 Å². The first-order valence-electron chi connectivity index (χ1n) is 6.42. The number of hydrogen-bond donors (Lipinski definition) is 2. The SMILES string of the molecule is O=C(O)c1ccc(NC2CC=CC2)c2ccccc12. The minimum Gasteiger partial charge on any atom is -0.478 e. The Morgan fingerprint density at radius 3 is 2.42 bits per heavy atom. The summed E-state index contributed by atoms with van der Waals surface area (Å²) in [7, 11) is 0. The lowest BCUT2D eigenvalue weighted by Crippen LogP contribution is -2.15. The molecule has 2 aromatic rings. The second kappa shape index (κ2) is 4.76. The zero-order valence-corrected chi connectivity index (χ0v) is 10.5. The van der Waals surface area contributed by atoms with E-state index >= 15 is 0 Å². The first kappa shape index (κ1) is 11.8. The van der Waals surface area contributed by atoms with Crippen molar-refractivity contribution in [3.05, 3.63) is 54.1 Å². The second-order valence-electron chi connectivity index (χ2n) is 4.80. The Hall–Kier alpha value is -2.29. The van der Waals surface area contributed by atoms with E-state index in [-0.39, 0.29) is 0 Å². The van der Waals surface area contributed by atoms with Crippen LogP contribution < -0.4 is 5.32 Å². The molecule has 0 saturated carbocycles. The fourth-order valence-electron chi connectivity index (χ4n) is 2.57. The molecule has 0 saturated heterocycles. The normalized spacial score (nSPS) is 14.9. The standard InChI is InChI=1S/C16H15NO2/c18-16(19)14-9-10-15(17-11-5-1-2-6-11)13-8-4-3-7-12(13)14/h1-4,7-11,17H,5-6H2,(H,18,19). The summed E-state index contributed by atoms with van der Waals surface area (Å²) in [5.74, 6) is -0.884. The third kappa shape index (κ3) is 2.19. The molecule has 0 bridgehead atoms. The van der Waals surface area contributed by atoms with Gasteiger partial charge in [0.25, 0.3) is 0 Å². The zero-order chi connectivity index (χ0) is 13.2. The first-order chi connectivity index (χ1) is 9.25. The summed E-state index contributed by atoms with van der Waals surface area (Å²) in [6, 6.07) is 11.6. The maximum atomic E-state index is 11.2. The Morgan fingerprint density at radius 1 is 1.05 bits per heavy atom. The molecular formula is C16H15NO2. The topological polar surface area (TPSA) is 49.3 Å². The highest BCUT2D eigenvalue weighted by atomic mass is 16.4. The van der Waals surface area contributed by atoms with Crippen LogP contribution in [0.15, 0.2) is 48.6 Å². The van der Waals surface area contributed by atoms with E-state index in [0.717, 1.165) is 29.3 Å². The molecular weight excluding hydrogens is 238 g/mol. The smallest absolute Gasteiger partial charge is 0.336 e. The van der Waals surface area contributed by atoms with Crippen LogP contribution in [-0.4, -0.2) is 17.1 Å². The van der Waals surface area contributed by atoms with E-state index in [0.29, 0.717) is 11.6 Å². The second-order valence-corrected chi connectivity index (χ2v) is 4.80. The van der Waals surface area contributed by atoms with E-state index < -0.39 is 5.97 Å². The van der Waals surface area contributed by atoms with Crippen LogP contribution in [-0.2, 0) is 0 Å². The van der Waals surface area contributed by atoms with Gasteiger partial charge in [-0.25, -0.2) is 4.79 Å². The Morgan fingerprint density at radius 2 is 1.74 bits per heavy atom. The monoisotopic (exact) mass is 253 g/mol. The van der Waals surface area contributed by atoms with Gasteiger partial charge in [-0.3, -0.25) is 0 Å². The lowest BCUT2D eigenvalue weighted by Gasteiger charge is -2.16. The molecule has 0 aromatic heterocycles. The van der Waals surface area contributed by atoms with Gasteiger partial charge in [0, 0.05) is 17.1 Å². The lowest BCUT2D eigenvalue weighted by atomic mass is 10.0. The largest absolute Gasteiger partial charge is 0.478 e. The highest BCUT2D eigenvalue weighted by molar-refractivity contribution is 6.07. The van der Waals surface area contributed by atoms with Crippen LogP contribution in [0.5, 0.6) is 0 Å². The predicted octanol–water partition coefficient (Wildman–Crippen LogP) is 3.67. The molecule has 2 aromatic carbocycles. The molecule has 0 amide bonds. The molecule has 0 fully saturated rings.